The first-order valence-corrected chi connectivity index (χ1v) is 6.63. The van der Waals surface area contributed by atoms with E-state index in [-0.39, 0.29) is 16.5 Å². The monoisotopic (exact) mass is 310 g/mol. The first-order chi connectivity index (χ1) is 8.58. The molecule has 0 aliphatic carbocycles. The highest BCUT2D eigenvalue weighted by atomic mass is 79.9. The number of alkyl halides is 1. The molecule has 0 aliphatic rings. The van der Waals surface area contributed by atoms with E-state index in [2.05, 4.69) is 15.9 Å². The van der Waals surface area contributed by atoms with E-state index in [1.807, 2.05) is 13.0 Å². The summed E-state index contributed by atoms with van der Waals surface area (Å²) in [5, 5.41) is 0. The standard InChI is InChI=1S/C15H13BrF2/c1-10-8-12(17)6-7-13(10)14(16)9-11-4-2-3-5-15(11)18/h2-8,14H,9H2,1H3. The Labute approximate surface area is 114 Å². The van der Waals surface area contributed by atoms with Crippen molar-refractivity contribution in [3.63, 3.8) is 0 Å². The zero-order chi connectivity index (χ0) is 13.1. The highest BCUT2D eigenvalue weighted by Crippen LogP contribution is 2.30. The molecule has 1 unspecified atom stereocenters. The van der Waals surface area contributed by atoms with Gasteiger partial charge in [-0.25, -0.2) is 8.78 Å². The van der Waals surface area contributed by atoms with Crippen LogP contribution in [0.25, 0.3) is 0 Å². The van der Waals surface area contributed by atoms with E-state index in [0.717, 1.165) is 11.1 Å². The zero-order valence-corrected chi connectivity index (χ0v) is 11.5. The number of rotatable bonds is 3. The molecule has 0 nitrogen and oxygen atoms in total. The van der Waals surface area contributed by atoms with E-state index in [1.54, 1.807) is 18.2 Å². The average molecular weight is 311 g/mol. The predicted octanol–water partition coefficient (Wildman–Crippen LogP) is 4.95. The molecule has 94 valence electrons. The van der Waals surface area contributed by atoms with Gasteiger partial charge in [-0.3, -0.25) is 0 Å². The molecule has 2 aromatic carbocycles. The second-order valence-electron chi connectivity index (χ2n) is 4.26. The van der Waals surface area contributed by atoms with Crippen molar-refractivity contribution < 1.29 is 8.78 Å². The summed E-state index contributed by atoms with van der Waals surface area (Å²) in [5.74, 6) is -0.455. The largest absolute Gasteiger partial charge is 0.207 e. The summed E-state index contributed by atoms with van der Waals surface area (Å²) in [5.41, 5.74) is 2.51. The smallest absolute Gasteiger partial charge is 0.126 e. The molecular weight excluding hydrogens is 298 g/mol. The van der Waals surface area contributed by atoms with Crippen molar-refractivity contribution in [3.8, 4) is 0 Å². The fraction of sp³-hybridized carbons (Fsp3) is 0.200. The van der Waals surface area contributed by atoms with E-state index < -0.39 is 0 Å². The Hall–Kier alpha value is -1.22. The Morgan fingerprint density at radius 3 is 2.50 bits per heavy atom. The molecule has 0 saturated carbocycles. The zero-order valence-electron chi connectivity index (χ0n) is 9.96. The molecule has 2 aromatic rings. The summed E-state index contributed by atoms with van der Waals surface area (Å²) in [6, 6.07) is 11.4. The van der Waals surface area contributed by atoms with Crippen LogP contribution in [0.2, 0.25) is 0 Å². The predicted molar refractivity (Wildman–Crippen MR) is 72.9 cm³/mol. The number of hydrogen-bond acceptors (Lipinski definition) is 0. The van der Waals surface area contributed by atoms with E-state index in [9.17, 15) is 8.78 Å². The van der Waals surface area contributed by atoms with Crippen molar-refractivity contribution in [3.05, 3.63) is 70.8 Å². The lowest BCUT2D eigenvalue weighted by Crippen LogP contribution is -2.00. The second-order valence-corrected chi connectivity index (χ2v) is 5.37. The van der Waals surface area contributed by atoms with Crippen molar-refractivity contribution in [2.75, 3.05) is 0 Å². The van der Waals surface area contributed by atoms with Crippen LogP contribution >= 0.6 is 15.9 Å². The van der Waals surface area contributed by atoms with Gasteiger partial charge >= 0.3 is 0 Å². The molecule has 1 atom stereocenters. The van der Waals surface area contributed by atoms with Crippen molar-refractivity contribution >= 4 is 15.9 Å². The van der Waals surface area contributed by atoms with Gasteiger partial charge in [-0.15, -0.1) is 0 Å². The Bertz CT molecular complexity index is 552. The van der Waals surface area contributed by atoms with Crippen LogP contribution < -0.4 is 0 Å². The molecule has 0 aromatic heterocycles. The van der Waals surface area contributed by atoms with Crippen LogP contribution in [0.1, 0.15) is 21.5 Å². The molecule has 0 heterocycles. The Kier molecular flexibility index (Phi) is 4.12. The molecular formula is C15H13BrF2. The van der Waals surface area contributed by atoms with E-state index in [1.165, 1.54) is 18.2 Å². The van der Waals surface area contributed by atoms with Gasteiger partial charge in [0.15, 0.2) is 0 Å². The molecule has 0 amide bonds. The van der Waals surface area contributed by atoms with Crippen LogP contribution in [0, 0.1) is 18.6 Å². The molecule has 18 heavy (non-hydrogen) atoms. The van der Waals surface area contributed by atoms with Gasteiger partial charge in [0, 0.05) is 4.83 Å². The van der Waals surface area contributed by atoms with Crippen LogP contribution in [0.5, 0.6) is 0 Å². The Balaban J connectivity index is 2.22. The molecule has 3 heteroatoms. The third kappa shape index (κ3) is 2.96. The summed E-state index contributed by atoms with van der Waals surface area (Å²) < 4.78 is 26.6. The second kappa shape index (κ2) is 5.61. The minimum Gasteiger partial charge on any atom is -0.207 e. The van der Waals surface area contributed by atoms with Gasteiger partial charge in [0.25, 0.3) is 0 Å². The van der Waals surface area contributed by atoms with Crippen molar-refractivity contribution in [1.82, 2.24) is 0 Å². The van der Waals surface area contributed by atoms with Crippen LogP contribution in [-0.2, 0) is 6.42 Å². The summed E-state index contributed by atoms with van der Waals surface area (Å²) in [6.07, 6.45) is 0.541. The molecule has 0 N–H and O–H groups in total. The molecule has 0 saturated heterocycles. The first-order valence-electron chi connectivity index (χ1n) is 5.71. The minimum atomic E-state index is -0.248. The van der Waals surface area contributed by atoms with E-state index >= 15 is 0 Å². The molecule has 0 radical (unpaired) electrons. The summed E-state index contributed by atoms with van der Waals surface area (Å²) in [6.45, 7) is 1.86. The highest BCUT2D eigenvalue weighted by Gasteiger charge is 2.13. The third-order valence-corrected chi connectivity index (χ3v) is 3.74. The Morgan fingerprint density at radius 1 is 1.11 bits per heavy atom. The van der Waals surface area contributed by atoms with Gasteiger partial charge in [0.2, 0.25) is 0 Å². The molecule has 0 aliphatic heterocycles. The third-order valence-electron chi connectivity index (χ3n) is 2.93. The lowest BCUT2D eigenvalue weighted by atomic mass is 10.00. The SMILES string of the molecule is Cc1cc(F)ccc1C(Br)Cc1ccccc1F. The maximum absolute atomic E-state index is 13.5. The van der Waals surface area contributed by atoms with E-state index in [4.69, 9.17) is 0 Å². The van der Waals surface area contributed by atoms with E-state index in [0.29, 0.717) is 12.0 Å². The summed E-state index contributed by atoms with van der Waals surface area (Å²) >= 11 is 3.54. The summed E-state index contributed by atoms with van der Waals surface area (Å²) in [4.78, 5) is -0.0185. The number of aryl methyl sites for hydroxylation is 1. The van der Waals surface area contributed by atoms with Crippen LogP contribution in [0.4, 0.5) is 8.78 Å². The van der Waals surface area contributed by atoms with Gasteiger partial charge in [0.05, 0.1) is 0 Å². The Morgan fingerprint density at radius 2 is 1.83 bits per heavy atom. The van der Waals surface area contributed by atoms with Gasteiger partial charge in [-0.05, 0) is 48.2 Å². The van der Waals surface area contributed by atoms with Gasteiger partial charge in [-0.2, -0.15) is 0 Å². The minimum absolute atomic E-state index is 0.0185. The van der Waals surface area contributed by atoms with Gasteiger partial charge in [-0.1, -0.05) is 40.2 Å². The number of benzene rings is 2. The molecule has 0 bridgehead atoms. The maximum Gasteiger partial charge on any atom is 0.126 e. The quantitative estimate of drug-likeness (QED) is 0.703. The van der Waals surface area contributed by atoms with Gasteiger partial charge in [0.1, 0.15) is 11.6 Å². The normalized spacial score (nSPS) is 12.4. The molecule has 0 fully saturated rings. The van der Waals surface area contributed by atoms with Crippen molar-refractivity contribution in [2.24, 2.45) is 0 Å². The fourth-order valence-corrected chi connectivity index (χ4v) is 2.82. The lowest BCUT2D eigenvalue weighted by Gasteiger charge is -2.13. The fourth-order valence-electron chi connectivity index (χ4n) is 1.96. The van der Waals surface area contributed by atoms with Crippen LogP contribution in [0.3, 0.4) is 0 Å². The highest BCUT2D eigenvalue weighted by molar-refractivity contribution is 9.09. The topological polar surface area (TPSA) is 0 Å². The number of hydrogen-bond donors (Lipinski definition) is 0. The van der Waals surface area contributed by atoms with Crippen molar-refractivity contribution in [1.29, 1.82) is 0 Å². The van der Waals surface area contributed by atoms with Crippen LogP contribution in [0.15, 0.2) is 42.5 Å². The summed E-state index contributed by atoms with van der Waals surface area (Å²) in [7, 11) is 0. The molecule has 0 spiro atoms. The average Bonchev–Trinajstić information content (AvgIpc) is 2.32. The van der Waals surface area contributed by atoms with Gasteiger partial charge < -0.3 is 0 Å². The van der Waals surface area contributed by atoms with Crippen molar-refractivity contribution in [2.45, 2.75) is 18.2 Å². The number of halogens is 3. The molecule has 2 rings (SSSR count). The maximum atomic E-state index is 13.5. The first kappa shape index (κ1) is 13.2. The lowest BCUT2D eigenvalue weighted by molar-refractivity contribution is 0.607. The van der Waals surface area contributed by atoms with Crippen LogP contribution in [-0.4, -0.2) is 0 Å².